The highest BCUT2D eigenvalue weighted by Crippen LogP contribution is 2.66. The number of benzene rings is 4. The van der Waals surface area contributed by atoms with Gasteiger partial charge in [0.25, 0.3) is 0 Å². The summed E-state index contributed by atoms with van der Waals surface area (Å²) >= 11 is 0. The van der Waals surface area contributed by atoms with Gasteiger partial charge in [-0.2, -0.15) is 0 Å². The molecule has 0 saturated heterocycles. The highest BCUT2D eigenvalue weighted by atomic mass is 16.1. The molecule has 190 valence electrons. The van der Waals surface area contributed by atoms with Crippen molar-refractivity contribution in [3.63, 3.8) is 0 Å². The van der Waals surface area contributed by atoms with Crippen molar-refractivity contribution in [1.82, 2.24) is 0 Å². The van der Waals surface area contributed by atoms with E-state index in [2.05, 4.69) is 59.9 Å². The number of rotatable bonds is 6. The fourth-order valence-corrected chi connectivity index (χ4v) is 8.64. The molecule has 0 radical (unpaired) electrons. The molecule has 0 unspecified atom stereocenters. The number of carbonyl (C=O) groups is 1. The molecule has 4 saturated carbocycles. The molecular formula is C36H35NO. The summed E-state index contributed by atoms with van der Waals surface area (Å²) in [6.07, 6.45) is 7.99. The Morgan fingerprint density at radius 2 is 1.05 bits per heavy atom. The fourth-order valence-electron chi connectivity index (χ4n) is 8.64. The van der Waals surface area contributed by atoms with Gasteiger partial charge in [-0.25, -0.2) is 0 Å². The first-order valence-electron chi connectivity index (χ1n) is 14.2. The maximum absolute atomic E-state index is 13.6. The zero-order valence-electron chi connectivity index (χ0n) is 21.9. The van der Waals surface area contributed by atoms with Crippen LogP contribution >= 0.6 is 0 Å². The van der Waals surface area contributed by atoms with Crippen molar-refractivity contribution in [2.75, 3.05) is 5.32 Å². The quantitative estimate of drug-likeness (QED) is 0.285. The van der Waals surface area contributed by atoms with Crippen LogP contribution in [0.25, 0.3) is 0 Å². The lowest BCUT2D eigenvalue weighted by molar-refractivity contribution is -0.116. The molecule has 38 heavy (non-hydrogen) atoms. The van der Waals surface area contributed by atoms with Gasteiger partial charge in [0, 0.05) is 5.69 Å². The molecule has 0 aromatic heterocycles. The Kier molecular flexibility index (Phi) is 5.73. The van der Waals surface area contributed by atoms with E-state index in [-0.39, 0.29) is 17.2 Å². The number of hydrogen-bond donors (Lipinski definition) is 1. The number of carbonyl (C=O) groups excluding carboxylic acids is 1. The maximum atomic E-state index is 13.6. The molecular weight excluding hydrogens is 462 g/mol. The van der Waals surface area contributed by atoms with Crippen LogP contribution in [0.3, 0.4) is 0 Å². The lowest BCUT2D eigenvalue weighted by Crippen LogP contribution is -2.55. The molecule has 4 aromatic carbocycles. The molecule has 4 aliphatic carbocycles. The van der Waals surface area contributed by atoms with Gasteiger partial charge in [0.1, 0.15) is 0 Å². The summed E-state index contributed by atoms with van der Waals surface area (Å²) in [5, 5.41) is 3.23. The molecule has 1 N–H and O–H groups in total. The molecule has 4 fully saturated rings. The van der Waals surface area contributed by atoms with Crippen LogP contribution in [0, 0.1) is 11.8 Å². The van der Waals surface area contributed by atoms with Gasteiger partial charge in [0.15, 0.2) is 0 Å². The van der Waals surface area contributed by atoms with Gasteiger partial charge in [-0.15, -0.1) is 0 Å². The molecule has 2 nitrogen and oxygen atoms in total. The molecule has 2 heteroatoms. The Labute approximate surface area is 226 Å². The Bertz CT molecular complexity index is 1360. The monoisotopic (exact) mass is 497 g/mol. The van der Waals surface area contributed by atoms with E-state index < -0.39 is 0 Å². The van der Waals surface area contributed by atoms with Crippen molar-refractivity contribution >= 4 is 11.6 Å². The van der Waals surface area contributed by atoms with Crippen molar-refractivity contribution in [2.45, 2.75) is 55.3 Å². The number of nitrogens with one attached hydrogen (secondary N) is 1. The topological polar surface area (TPSA) is 29.1 Å². The summed E-state index contributed by atoms with van der Waals surface area (Å²) in [4.78, 5) is 13.6. The zero-order chi connectivity index (χ0) is 25.6. The van der Waals surface area contributed by atoms with Crippen LogP contribution in [0.5, 0.6) is 0 Å². The van der Waals surface area contributed by atoms with Gasteiger partial charge in [0.2, 0.25) is 5.91 Å². The van der Waals surface area contributed by atoms with Crippen molar-refractivity contribution in [3.05, 3.63) is 138 Å². The smallest absolute Gasteiger partial charge is 0.236 e. The van der Waals surface area contributed by atoms with Crippen LogP contribution in [0.4, 0.5) is 5.69 Å². The third-order valence-corrected chi connectivity index (χ3v) is 9.74. The van der Waals surface area contributed by atoms with Gasteiger partial charge in [-0.1, -0.05) is 103 Å². The standard InChI is InChI=1S/C36H35NO/c38-34(33(28-10-4-1-5-11-28)29-12-6-2-7-13-29)37-32-18-16-31(17-19-32)36-23-26-20-27(24-36)22-35(21-26,25-36)30-14-8-3-9-15-30/h1-19,26-27,33H,20-25H2,(H,37,38)/t26-,27-,35?,36?/m1/s1. The molecule has 1 amide bonds. The largest absolute Gasteiger partial charge is 0.325 e. The summed E-state index contributed by atoms with van der Waals surface area (Å²) in [6.45, 7) is 0. The first-order valence-corrected chi connectivity index (χ1v) is 14.2. The zero-order valence-corrected chi connectivity index (χ0v) is 21.9. The Hall–Kier alpha value is -3.65. The lowest BCUT2D eigenvalue weighted by atomic mass is 9.42. The van der Waals surface area contributed by atoms with Crippen LogP contribution in [0.15, 0.2) is 115 Å². The summed E-state index contributed by atoms with van der Waals surface area (Å²) < 4.78 is 0. The first-order chi connectivity index (χ1) is 18.6. The molecule has 4 bridgehead atoms. The van der Waals surface area contributed by atoms with E-state index >= 15 is 0 Å². The summed E-state index contributed by atoms with van der Waals surface area (Å²) in [5.41, 5.74) is 6.50. The average Bonchev–Trinajstić information content (AvgIpc) is 2.94. The van der Waals surface area contributed by atoms with E-state index in [1.165, 1.54) is 44.1 Å². The van der Waals surface area contributed by atoms with Gasteiger partial charge in [-0.05, 0) is 95.6 Å². The van der Waals surface area contributed by atoms with E-state index in [0.29, 0.717) is 5.41 Å². The van der Waals surface area contributed by atoms with Crippen LogP contribution < -0.4 is 5.32 Å². The van der Waals surface area contributed by atoms with Crippen molar-refractivity contribution in [1.29, 1.82) is 0 Å². The second-order valence-electron chi connectivity index (χ2n) is 12.2. The molecule has 4 aromatic rings. The molecule has 0 aliphatic heterocycles. The van der Waals surface area contributed by atoms with E-state index in [4.69, 9.17) is 0 Å². The van der Waals surface area contributed by atoms with E-state index in [0.717, 1.165) is 28.7 Å². The predicted octanol–water partition coefficient (Wildman–Crippen LogP) is 8.25. The lowest BCUT2D eigenvalue weighted by Gasteiger charge is -2.62. The van der Waals surface area contributed by atoms with Gasteiger partial charge >= 0.3 is 0 Å². The summed E-state index contributed by atoms with van der Waals surface area (Å²) in [7, 11) is 0. The number of amides is 1. The van der Waals surface area contributed by atoms with Gasteiger partial charge in [0.05, 0.1) is 5.92 Å². The Morgan fingerprint density at radius 1 is 0.605 bits per heavy atom. The highest BCUT2D eigenvalue weighted by molar-refractivity contribution is 5.98. The molecule has 4 aliphatic rings. The Morgan fingerprint density at radius 3 is 1.55 bits per heavy atom. The third kappa shape index (κ3) is 4.07. The normalized spacial score (nSPS) is 27.4. The fraction of sp³-hybridized carbons (Fsp3) is 0.306. The summed E-state index contributed by atoms with van der Waals surface area (Å²) in [6, 6.07) is 40.3. The second kappa shape index (κ2) is 9.27. The minimum atomic E-state index is -0.342. The average molecular weight is 498 g/mol. The Balaban J connectivity index is 1.15. The van der Waals surface area contributed by atoms with Crippen molar-refractivity contribution in [3.8, 4) is 0 Å². The predicted molar refractivity (Wildman–Crippen MR) is 154 cm³/mol. The second-order valence-corrected chi connectivity index (χ2v) is 12.2. The number of hydrogen-bond acceptors (Lipinski definition) is 1. The molecule has 0 spiro atoms. The maximum Gasteiger partial charge on any atom is 0.236 e. The van der Waals surface area contributed by atoms with Crippen LogP contribution in [-0.2, 0) is 15.6 Å². The SMILES string of the molecule is O=C(Nc1ccc(C23C[C@@H]4C[C@H](CC(c5ccccc5)(C4)C2)C3)cc1)C(c1ccccc1)c1ccccc1. The van der Waals surface area contributed by atoms with E-state index in [1.807, 2.05) is 60.7 Å². The van der Waals surface area contributed by atoms with Gasteiger partial charge in [-0.3, -0.25) is 4.79 Å². The van der Waals surface area contributed by atoms with Crippen molar-refractivity contribution in [2.24, 2.45) is 11.8 Å². The third-order valence-electron chi connectivity index (χ3n) is 9.74. The summed E-state index contributed by atoms with van der Waals surface area (Å²) in [5.74, 6) is 1.32. The highest BCUT2D eigenvalue weighted by Gasteiger charge is 2.58. The van der Waals surface area contributed by atoms with Crippen LogP contribution in [0.2, 0.25) is 0 Å². The van der Waals surface area contributed by atoms with E-state index in [9.17, 15) is 4.79 Å². The first kappa shape index (κ1) is 23.5. The van der Waals surface area contributed by atoms with Crippen molar-refractivity contribution < 1.29 is 4.79 Å². The minimum Gasteiger partial charge on any atom is -0.325 e. The number of anilines is 1. The minimum absolute atomic E-state index is 0.00739. The van der Waals surface area contributed by atoms with E-state index in [1.54, 1.807) is 5.56 Å². The van der Waals surface area contributed by atoms with Crippen LogP contribution in [-0.4, -0.2) is 5.91 Å². The molecule has 2 atom stereocenters. The van der Waals surface area contributed by atoms with Gasteiger partial charge < -0.3 is 5.32 Å². The van der Waals surface area contributed by atoms with Crippen LogP contribution in [0.1, 0.15) is 66.7 Å². The molecule has 8 rings (SSSR count). The molecule has 0 heterocycles.